The Labute approximate surface area is 201 Å². The number of hydrogen-bond acceptors (Lipinski definition) is 4. The standard InChI is InChI=1S/C28H32O2S2/c1-22(2)30-28(29)26(23-14-6-3-7-15-23)20-12-13-21-27(31-24-16-8-4-9-17-24)32-25-18-10-5-11-19-25/h3-11,14-19,22,26-27H,12-13,20-21H2,1-2H3. The molecule has 0 aliphatic carbocycles. The van der Waals surface area contributed by atoms with Crippen LogP contribution in [0.2, 0.25) is 0 Å². The molecule has 2 nitrogen and oxygen atoms in total. The summed E-state index contributed by atoms with van der Waals surface area (Å²) in [6, 6.07) is 31.2. The SMILES string of the molecule is CC(C)OC(=O)C(CCCCC(Sc1ccccc1)Sc1ccccc1)c1ccccc1. The highest BCUT2D eigenvalue weighted by molar-refractivity contribution is 8.17. The van der Waals surface area contributed by atoms with Crippen molar-refractivity contribution in [2.45, 2.75) is 65.9 Å². The van der Waals surface area contributed by atoms with E-state index in [0.717, 1.165) is 31.2 Å². The van der Waals surface area contributed by atoms with Crippen LogP contribution in [0.25, 0.3) is 0 Å². The van der Waals surface area contributed by atoms with Crippen molar-refractivity contribution in [3.05, 3.63) is 96.6 Å². The molecule has 3 aromatic carbocycles. The zero-order valence-corrected chi connectivity index (χ0v) is 20.5. The Morgan fingerprint density at radius 1 is 0.719 bits per heavy atom. The van der Waals surface area contributed by atoms with Gasteiger partial charge in [0, 0.05) is 9.79 Å². The largest absolute Gasteiger partial charge is 0.463 e. The van der Waals surface area contributed by atoms with Crippen LogP contribution in [-0.2, 0) is 9.53 Å². The fraction of sp³-hybridized carbons (Fsp3) is 0.321. The van der Waals surface area contributed by atoms with E-state index in [1.165, 1.54) is 9.79 Å². The minimum atomic E-state index is -0.194. The summed E-state index contributed by atoms with van der Waals surface area (Å²) in [6.45, 7) is 3.82. The highest BCUT2D eigenvalue weighted by Crippen LogP contribution is 2.38. The Morgan fingerprint density at radius 3 is 1.69 bits per heavy atom. The summed E-state index contributed by atoms with van der Waals surface area (Å²) >= 11 is 3.85. The van der Waals surface area contributed by atoms with Gasteiger partial charge in [-0.05, 0) is 56.5 Å². The lowest BCUT2D eigenvalue weighted by molar-refractivity contribution is -0.149. The van der Waals surface area contributed by atoms with E-state index in [1.54, 1.807) is 0 Å². The summed E-state index contributed by atoms with van der Waals surface area (Å²) in [5.41, 5.74) is 1.05. The molecule has 0 spiro atoms. The van der Waals surface area contributed by atoms with Gasteiger partial charge < -0.3 is 4.74 Å². The molecule has 0 heterocycles. The van der Waals surface area contributed by atoms with E-state index in [4.69, 9.17) is 4.74 Å². The number of thioether (sulfide) groups is 2. The lowest BCUT2D eigenvalue weighted by atomic mass is 9.93. The Morgan fingerprint density at radius 2 is 1.19 bits per heavy atom. The third kappa shape index (κ3) is 8.40. The van der Waals surface area contributed by atoms with Crippen LogP contribution in [0.1, 0.15) is 51.0 Å². The Kier molecular flexibility index (Phi) is 10.2. The molecule has 4 heteroatoms. The second-order valence-corrected chi connectivity index (χ2v) is 10.9. The molecule has 0 saturated carbocycles. The molecule has 0 fully saturated rings. The minimum absolute atomic E-state index is 0.0948. The zero-order chi connectivity index (χ0) is 22.6. The first-order valence-corrected chi connectivity index (χ1v) is 13.1. The summed E-state index contributed by atoms with van der Waals surface area (Å²) in [4.78, 5) is 15.3. The van der Waals surface area contributed by atoms with Gasteiger partial charge in [-0.3, -0.25) is 4.79 Å². The number of ether oxygens (including phenoxy) is 1. The van der Waals surface area contributed by atoms with Crippen LogP contribution in [0.15, 0.2) is 101 Å². The molecule has 0 aromatic heterocycles. The Hall–Kier alpha value is -2.17. The molecule has 0 amide bonds. The number of carbonyl (C=O) groups is 1. The highest BCUT2D eigenvalue weighted by atomic mass is 32.2. The average Bonchev–Trinajstić information content (AvgIpc) is 2.80. The van der Waals surface area contributed by atoms with Crippen LogP contribution in [-0.4, -0.2) is 16.7 Å². The van der Waals surface area contributed by atoms with E-state index < -0.39 is 0 Å². The second-order valence-electron chi connectivity index (χ2n) is 8.02. The van der Waals surface area contributed by atoms with Crippen LogP contribution in [0, 0.1) is 0 Å². The fourth-order valence-corrected chi connectivity index (χ4v) is 6.19. The molecule has 0 aliphatic rings. The first-order valence-electron chi connectivity index (χ1n) is 11.3. The van der Waals surface area contributed by atoms with Crippen molar-refractivity contribution in [3.8, 4) is 0 Å². The molecule has 1 atom stereocenters. The fourth-order valence-electron chi connectivity index (χ4n) is 3.52. The van der Waals surface area contributed by atoms with Crippen LogP contribution in [0.3, 0.4) is 0 Å². The zero-order valence-electron chi connectivity index (χ0n) is 18.9. The average molecular weight is 465 g/mol. The van der Waals surface area contributed by atoms with E-state index in [-0.39, 0.29) is 18.0 Å². The first-order chi connectivity index (χ1) is 15.6. The van der Waals surface area contributed by atoms with Crippen molar-refractivity contribution in [2.24, 2.45) is 0 Å². The summed E-state index contributed by atoms with van der Waals surface area (Å²) in [7, 11) is 0. The summed E-state index contributed by atoms with van der Waals surface area (Å²) < 4.78 is 5.98. The summed E-state index contributed by atoms with van der Waals surface area (Å²) in [5, 5.41) is 0. The van der Waals surface area contributed by atoms with Gasteiger partial charge in [0.25, 0.3) is 0 Å². The maximum Gasteiger partial charge on any atom is 0.313 e. The van der Waals surface area contributed by atoms with Crippen molar-refractivity contribution in [3.63, 3.8) is 0 Å². The van der Waals surface area contributed by atoms with Gasteiger partial charge in [-0.1, -0.05) is 79.6 Å². The Balaban J connectivity index is 1.59. The lowest BCUT2D eigenvalue weighted by Gasteiger charge is -2.19. The molecular formula is C28H32O2S2. The maximum absolute atomic E-state index is 12.7. The van der Waals surface area contributed by atoms with Gasteiger partial charge in [0.2, 0.25) is 0 Å². The predicted molar refractivity (Wildman–Crippen MR) is 137 cm³/mol. The number of rotatable bonds is 12. The second kappa shape index (κ2) is 13.4. The molecule has 0 radical (unpaired) electrons. The number of esters is 1. The molecule has 0 saturated heterocycles. The van der Waals surface area contributed by atoms with Gasteiger partial charge in [0.15, 0.2) is 0 Å². The third-order valence-electron chi connectivity index (χ3n) is 5.04. The third-order valence-corrected chi connectivity index (χ3v) is 7.71. The van der Waals surface area contributed by atoms with E-state index in [2.05, 4.69) is 60.7 Å². The number of carbonyl (C=O) groups excluding carboxylic acids is 1. The molecule has 3 aromatic rings. The first kappa shape index (κ1) is 24.5. The molecule has 32 heavy (non-hydrogen) atoms. The van der Waals surface area contributed by atoms with E-state index in [1.807, 2.05) is 67.7 Å². The summed E-state index contributed by atoms with van der Waals surface area (Å²) in [5.74, 6) is -0.305. The van der Waals surface area contributed by atoms with Crippen LogP contribution >= 0.6 is 23.5 Å². The molecule has 0 N–H and O–H groups in total. The topological polar surface area (TPSA) is 26.3 Å². The number of hydrogen-bond donors (Lipinski definition) is 0. The van der Waals surface area contributed by atoms with Gasteiger partial charge in [-0.2, -0.15) is 0 Å². The van der Waals surface area contributed by atoms with E-state index >= 15 is 0 Å². The van der Waals surface area contributed by atoms with E-state index in [0.29, 0.717) is 4.58 Å². The maximum atomic E-state index is 12.7. The molecular weight excluding hydrogens is 432 g/mol. The van der Waals surface area contributed by atoms with Crippen LogP contribution in [0.5, 0.6) is 0 Å². The van der Waals surface area contributed by atoms with Gasteiger partial charge in [-0.15, -0.1) is 23.5 Å². The summed E-state index contributed by atoms with van der Waals surface area (Å²) in [6.07, 6.45) is 3.87. The molecule has 0 aliphatic heterocycles. The van der Waals surface area contributed by atoms with Gasteiger partial charge in [0.05, 0.1) is 16.6 Å². The lowest BCUT2D eigenvalue weighted by Crippen LogP contribution is -2.20. The molecule has 1 unspecified atom stereocenters. The van der Waals surface area contributed by atoms with Gasteiger partial charge in [-0.25, -0.2) is 0 Å². The van der Waals surface area contributed by atoms with Crippen molar-refractivity contribution < 1.29 is 9.53 Å². The monoisotopic (exact) mass is 464 g/mol. The number of unbranched alkanes of at least 4 members (excludes halogenated alkanes) is 1. The predicted octanol–water partition coefficient (Wildman–Crippen LogP) is 8.19. The van der Waals surface area contributed by atoms with Gasteiger partial charge >= 0.3 is 5.97 Å². The Bertz CT molecular complexity index is 872. The van der Waals surface area contributed by atoms with E-state index in [9.17, 15) is 4.79 Å². The number of benzene rings is 3. The smallest absolute Gasteiger partial charge is 0.313 e. The highest BCUT2D eigenvalue weighted by Gasteiger charge is 2.23. The normalized spacial score (nSPS) is 12.1. The quantitative estimate of drug-likeness (QED) is 0.117. The van der Waals surface area contributed by atoms with Crippen molar-refractivity contribution >= 4 is 29.5 Å². The van der Waals surface area contributed by atoms with Crippen molar-refractivity contribution in [1.29, 1.82) is 0 Å². The minimum Gasteiger partial charge on any atom is -0.463 e. The van der Waals surface area contributed by atoms with Crippen LogP contribution in [0.4, 0.5) is 0 Å². The molecule has 168 valence electrons. The molecule has 0 bridgehead atoms. The van der Waals surface area contributed by atoms with Crippen molar-refractivity contribution in [1.82, 2.24) is 0 Å². The molecule has 3 rings (SSSR count). The van der Waals surface area contributed by atoms with Crippen LogP contribution < -0.4 is 0 Å². The van der Waals surface area contributed by atoms with Gasteiger partial charge in [0.1, 0.15) is 0 Å². The van der Waals surface area contributed by atoms with Crippen molar-refractivity contribution in [2.75, 3.05) is 0 Å².